The third kappa shape index (κ3) is 12.3. The van der Waals surface area contributed by atoms with Crippen molar-refractivity contribution in [3.63, 3.8) is 0 Å². The fourth-order valence-electron chi connectivity index (χ4n) is 22.3. The zero-order chi connectivity index (χ0) is 87.2. The average molecular weight is 1680 g/mol. The molecule has 0 bridgehead atoms. The van der Waals surface area contributed by atoms with Crippen molar-refractivity contribution in [2.45, 2.75) is 10.8 Å². The van der Waals surface area contributed by atoms with Gasteiger partial charge in [0.05, 0.1) is 38.9 Å². The Morgan fingerprint density at radius 3 is 1.01 bits per heavy atom. The van der Waals surface area contributed by atoms with E-state index in [-0.39, 0.29) is 0 Å². The zero-order valence-electron chi connectivity index (χ0n) is 72.3. The lowest BCUT2D eigenvalue weighted by atomic mass is 9.68. The van der Waals surface area contributed by atoms with Crippen LogP contribution in [0.5, 0.6) is 0 Å². The van der Waals surface area contributed by atoms with Gasteiger partial charge >= 0.3 is 0 Å². The van der Waals surface area contributed by atoms with Gasteiger partial charge < -0.3 is 18.8 Å². The SMILES string of the molecule is c1ccc(-c2ccccc2-c2ccccc2-c2ccccc2N(c2ccc3c(c2)-c2ccccc2C3(c2ccccc2)c2ccccc2)c2ccc3c(c2)c2ccccc2n3-c2ccc(-c3cccc4oc5c(N(c6ccc7c(c6)-c6ccccc6C7(c6ccccc6)c6ccccc6)c6ccccc6-c6ccccc6-c6ccccc6-c6ccccc6)cccc5c34)cc2)cc1. The van der Waals surface area contributed by atoms with E-state index in [9.17, 15) is 0 Å². The van der Waals surface area contributed by atoms with Crippen molar-refractivity contribution < 1.29 is 4.42 Å². The number of fused-ring (bicyclic) bond motifs is 12. The average Bonchev–Trinajstić information content (AvgIpc) is 1.54. The van der Waals surface area contributed by atoms with Crippen LogP contribution in [0, 0.1) is 0 Å². The lowest BCUT2D eigenvalue weighted by molar-refractivity contribution is 0.669. The van der Waals surface area contributed by atoms with Gasteiger partial charge in [0.2, 0.25) is 0 Å². The van der Waals surface area contributed by atoms with Crippen molar-refractivity contribution in [1.29, 1.82) is 0 Å². The Balaban J connectivity index is 0.639. The number of benzene rings is 21. The second-order valence-corrected chi connectivity index (χ2v) is 34.7. The fraction of sp³-hybridized carbons (Fsp3) is 0.0156. The largest absolute Gasteiger partial charge is 0.454 e. The first-order chi connectivity index (χ1) is 65.5. The Hall–Kier alpha value is -17.2. The lowest BCUT2D eigenvalue weighted by Gasteiger charge is -2.34. The molecule has 0 atom stereocenters. The summed E-state index contributed by atoms with van der Waals surface area (Å²) in [5, 5.41) is 4.37. The van der Waals surface area contributed by atoms with Gasteiger partial charge in [-0.05, 0) is 218 Å². The Labute approximate surface area is 768 Å². The first-order valence-corrected chi connectivity index (χ1v) is 45.6. The van der Waals surface area contributed by atoms with E-state index in [0.717, 1.165) is 134 Å². The molecule has 2 heterocycles. The van der Waals surface area contributed by atoms with E-state index in [1.807, 2.05) is 0 Å². The summed E-state index contributed by atoms with van der Waals surface area (Å²) in [5.74, 6) is 0. The summed E-state index contributed by atoms with van der Waals surface area (Å²) in [6.45, 7) is 0. The molecule has 0 amide bonds. The summed E-state index contributed by atoms with van der Waals surface area (Å²) in [7, 11) is 0. The van der Waals surface area contributed by atoms with Gasteiger partial charge in [-0.1, -0.05) is 431 Å². The minimum atomic E-state index is -0.589. The Kier molecular flexibility index (Phi) is 18.7. The number of anilines is 6. The molecule has 2 aliphatic carbocycles. The van der Waals surface area contributed by atoms with Crippen molar-refractivity contribution in [1.82, 2.24) is 4.57 Å². The summed E-state index contributed by atoms with van der Waals surface area (Å²) < 4.78 is 9.98. The molecule has 25 rings (SSSR count). The standard InChI is InChI=1S/C128H85N3O/c1-7-39-86(40-8-1)97-51-19-21-53-100(97)102-55-23-25-57-104(102)108-61-29-34-68-119(108)129(94-77-80-117-112(83-94)106-59-27-32-66-115(106)127(117,89-43-11-3-12-44-89)90-45-13-4-14-46-90)95-79-82-122-114(85-95)110-63-31-36-70-121(110)130(122)93-75-73-88(74-76-93)99-64-38-72-124-125(99)111-65-37-71-123(126(111)132-124)131(120-69-35-30-62-109(120)105-58-26-24-56-103(105)101-54-22-20-52-98(101)87-41-9-2-10-42-87)96-78-81-118-113(84-96)107-60-28-33-67-116(107)128(118,91-47-15-5-16-48-91)92-49-17-6-18-50-92/h1-85H. The highest BCUT2D eigenvalue weighted by atomic mass is 16.3. The van der Waals surface area contributed by atoms with Crippen LogP contribution in [0.1, 0.15) is 44.5 Å². The highest BCUT2D eigenvalue weighted by Crippen LogP contribution is 2.61. The van der Waals surface area contributed by atoms with E-state index in [0.29, 0.717) is 0 Å². The van der Waals surface area contributed by atoms with Crippen molar-refractivity contribution >= 4 is 77.9 Å². The monoisotopic (exact) mass is 1680 g/mol. The van der Waals surface area contributed by atoms with E-state index < -0.39 is 10.8 Å². The van der Waals surface area contributed by atoms with Gasteiger partial charge in [-0.25, -0.2) is 0 Å². The number of hydrogen-bond acceptors (Lipinski definition) is 3. The molecule has 132 heavy (non-hydrogen) atoms. The summed E-state index contributed by atoms with van der Waals surface area (Å²) >= 11 is 0. The number of hydrogen-bond donors (Lipinski definition) is 0. The van der Waals surface area contributed by atoms with Crippen molar-refractivity contribution in [3.8, 4) is 106 Å². The highest BCUT2D eigenvalue weighted by Gasteiger charge is 2.48. The van der Waals surface area contributed by atoms with Crippen LogP contribution in [-0.2, 0) is 10.8 Å². The fourth-order valence-corrected chi connectivity index (χ4v) is 22.3. The molecule has 4 nitrogen and oxygen atoms in total. The molecular formula is C128H85N3O. The molecular weight excluding hydrogens is 1600 g/mol. The molecule has 23 aromatic rings. The van der Waals surface area contributed by atoms with Gasteiger partial charge in [0, 0.05) is 55.4 Å². The van der Waals surface area contributed by atoms with E-state index in [1.54, 1.807) is 0 Å². The molecule has 0 N–H and O–H groups in total. The summed E-state index contributed by atoms with van der Waals surface area (Å²) in [4.78, 5) is 4.99. The zero-order valence-corrected chi connectivity index (χ0v) is 72.3. The summed E-state index contributed by atoms with van der Waals surface area (Å²) in [6, 6.07) is 191. The third-order valence-electron chi connectivity index (χ3n) is 27.8. The smallest absolute Gasteiger partial charge is 0.159 e. The van der Waals surface area contributed by atoms with Gasteiger partial charge in [-0.2, -0.15) is 0 Å². The molecule has 0 radical (unpaired) electrons. The Morgan fingerprint density at radius 2 is 0.515 bits per heavy atom. The molecule has 2 aromatic heterocycles. The minimum absolute atomic E-state index is 0.572. The number of furan rings is 1. The van der Waals surface area contributed by atoms with E-state index in [1.165, 1.54) is 94.6 Å². The summed E-state index contributed by atoms with van der Waals surface area (Å²) in [5.41, 5.74) is 40.4. The maximum absolute atomic E-state index is 7.53. The molecule has 0 spiro atoms. The lowest BCUT2D eigenvalue weighted by Crippen LogP contribution is -2.28. The maximum atomic E-state index is 7.53. The van der Waals surface area contributed by atoms with Gasteiger partial charge in [-0.15, -0.1) is 0 Å². The molecule has 0 aliphatic heterocycles. The van der Waals surface area contributed by atoms with Crippen LogP contribution in [0.4, 0.5) is 34.1 Å². The van der Waals surface area contributed by atoms with Gasteiger partial charge in [-0.3, -0.25) is 0 Å². The van der Waals surface area contributed by atoms with Crippen molar-refractivity contribution in [2.75, 3.05) is 9.80 Å². The predicted octanol–water partition coefficient (Wildman–Crippen LogP) is 34.0. The van der Waals surface area contributed by atoms with E-state index >= 15 is 0 Å². The van der Waals surface area contributed by atoms with Gasteiger partial charge in [0.15, 0.2) is 5.58 Å². The molecule has 0 unspecified atom stereocenters. The maximum Gasteiger partial charge on any atom is 0.159 e. The van der Waals surface area contributed by atoms with Crippen molar-refractivity contribution in [2.24, 2.45) is 0 Å². The van der Waals surface area contributed by atoms with Crippen LogP contribution in [0.15, 0.2) is 520 Å². The molecule has 0 saturated heterocycles. The van der Waals surface area contributed by atoms with E-state index in [2.05, 4.69) is 530 Å². The van der Waals surface area contributed by atoms with Gasteiger partial charge in [0.1, 0.15) is 5.58 Å². The molecule has 21 aromatic carbocycles. The van der Waals surface area contributed by atoms with E-state index in [4.69, 9.17) is 4.42 Å². The summed E-state index contributed by atoms with van der Waals surface area (Å²) in [6.07, 6.45) is 0. The number of aromatic nitrogens is 1. The van der Waals surface area contributed by atoms with Crippen LogP contribution >= 0.6 is 0 Å². The molecule has 618 valence electrons. The van der Waals surface area contributed by atoms with Crippen LogP contribution in [0.2, 0.25) is 0 Å². The second kappa shape index (κ2) is 32.0. The van der Waals surface area contributed by atoms with Crippen LogP contribution < -0.4 is 9.80 Å². The third-order valence-corrected chi connectivity index (χ3v) is 27.8. The Bertz CT molecular complexity index is 8310. The Morgan fingerprint density at radius 1 is 0.189 bits per heavy atom. The highest BCUT2D eigenvalue weighted by molar-refractivity contribution is 6.17. The quantitative estimate of drug-likeness (QED) is 0.0856. The van der Waals surface area contributed by atoms with Crippen LogP contribution in [0.3, 0.4) is 0 Å². The number of para-hydroxylation sites is 4. The van der Waals surface area contributed by atoms with Crippen LogP contribution in [-0.4, -0.2) is 4.57 Å². The number of rotatable bonds is 18. The molecule has 0 fully saturated rings. The molecule has 4 heteroatoms. The molecule has 2 aliphatic rings. The minimum Gasteiger partial charge on any atom is -0.454 e. The van der Waals surface area contributed by atoms with Crippen LogP contribution in [0.25, 0.3) is 150 Å². The normalized spacial score (nSPS) is 12.7. The van der Waals surface area contributed by atoms with Crippen molar-refractivity contribution in [3.05, 3.63) is 560 Å². The first-order valence-electron chi connectivity index (χ1n) is 45.6. The number of nitrogens with zero attached hydrogens (tertiary/aromatic N) is 3. The van der Waals surface area contributed by atoms with Gasteiger partial charge in [0.25, 0.3) is 0 Å². The topological polar surface area (TPSA) is 24.6 Å². The predicted molar refractivity (Wildman–Crippen MR) is 550 cm³/mol. The second-order valence-electron chi connectivity index (χ2n) is 34.7. The molecule has 0 saturated carbocycles. The first kappa shape index (κ1) is 77.2.